The van der Waals surface area contributed by atoms with Crippen molar-refractivity contribution in [2.24, 2.45) is 0 Å². The van der Waals surface area contributed by atoms with Gasteiger partial charge in [0.2, 0.25) is 0 Å². The van der Waals surface area contributed by atoms with Crippen LogP contribution in [0.1, 0.15) is 10.6 Å². The molecule has 0 saturated carbocycles. The topological polar surface area (TPSA) is 63.8 Å². The molecule has 0 atom stereocenters. The van der Waals surface area contributed by atoms with E-state index >= 15 is 0 Å². The van der Waals surface area contributed by atoms with E-state index in [0.29, 0.717) is 5.82 Å². The first kappa shape index (κ1) is 10.4. The first-order valence-electron chi connectivity index (χ1n) is 4.61. The molecule has 4 nitrogen and oxygen atoms in total. The fraction of sp³-hybridized carbons (Fsp3) is 0.333. The normalized spacial score (nSPS) is 10.5. The van der Waals surface area contributed by atoms with Gasteiger partial charge in [-0.3, -0.25) is 0 Å². The molecule has 0 aliphatic carbocycles. The second-order valence-corrected chi connectivity index (χ2v) is 4.88. The van der Waals surface area contributed by atoms with Crippen molar-refractivity contribution in [1.82, 2.24) is 9.36 Å². The van der Waals surface area contributed by atoms with E-state index in [1.54, 1.807) is 11.3 Å². The third-order valence-electron chi connectivity index (χ3n) is 2.07. The summed E-state index contributed by atoms with van der Waals surface area (Å²) in [5, 5.41) is 7.52. The zero-order valence-corrected chi connectivity index (χ0v) is 9.99. The summed E-state index contributed by atoms with van der Waals surface area (Å²) in [6, 6.07) is 0. The van der Waals surface area contributed by atoms with Gasteiger partial charge in [0.15, 0.2) is 0 Å². The monoisotopic (exact) mass is 240 g/mol. The Morgan fingerprint density at radius 2 is 2.40 bits per heavy atom. The van der Waals surface area contributed by atoms with Gasteiger partial charge in [-0.15, -0.1) is 11.3 Å². The van der Waals surface area contributed by atoms with Crippen LogP contribution in [-0.4, -0.2) is 15.9 Å². The highest BCUT2D eigenvalue weighted by Gasteiger charge is 2.05. The number of hydrogen-bond donors (Lipinski definition) is 2. The third-order valence-corrected chi connectivity index (χ3v) is 3.83. The lowest BCUT2D eigenvalue weighted by Gasteiger charge is -2.02. The molecule has 0 aliphatic heterocycles. The molecule has 6 heteroatoms. The number of anilines is 2. The molecule has 0 spiro atoms. The van der Waals surface area contributed by atoms with E-state index in [2.05, 4.69) is 14.7 Å². The van der Waals surface area contributed by atoms with E-state index in [-0.39, 0.29) is 0 Å². The molecule has 0 aromatic carbocycles. The van der Waals surface area contributed by atoms with Crippen molar-refractivity contribution in [3.8, 4) is 0 Å². The summed E-state index contributed by atoms with van der Waals surface area (Å²) in [6.07, 6.45) is 2.77. The zero-order valence-electron chi connectivity index (χ0n) is 8.36. The molecule has 0 aliphatic rings. The Bertz CT molecular complexity index is 421. The van der Waals surface area contributed by atoms with Gasteiger partial charge in [0, 0.05) is 30.1 Å². The van der Waals surface area contributed by atoms with Gasteiger partial charge < -0.3 is 11.1 Å². The number of nitrogen functional groups attached to an aromatic ring is 1. The minimum absolute atomic E-state index is 0.622. The van der Waals surface area contributed by atoms with E-state index < -0.39 is 0 Å². The van der Waals surface area contributed by atoms with Crippen LogP contribution < -0.4 is 11.1 Å². The SMILES string of the molecule is Cc1c(N)nsc1NCCc1nccs1. The van der Waals surface area contributed by atoms with Crippen molar-refractivity contribution in [2.75, 3.05) is 17.6 Å². The first-order valence-corrected chi connectivity index (χ1v) is 6.26. The van der Waals surface area contributed by atoms with Crippen LogP contribution in [0.4, 0.5) is 10.8 Å². The summed E-state index contributed by atoms with van der Waals surface area (Å²) in [6.45, 7) is 2.85. The van der Waals surface area contributed by atoms with E-state index in [1.165, 1.54) is 11.5 Å². The predicted octanol–water partition coefficient (Wildman–Crippen LogP) is 2.14. The highest BCUT2D eigenvalue weighted by Crippen LogP contribution is 2.25. The number of thiazole rings is 1. The molecular weight excluding hydrogens is 228 g/mol. The fourth-order valence-corrected chi connectivity index (χ4v) is 2.53. The van der Waals surface area contributed by atoms with Gasteiger partial charge in [-0.25, -0.2) is 4.98 Å². The van der Waals surface area contributed by atoms with Gasteiger partial charge in [0.05, 0.1) is 5.01 Å². The Labute approximate surface area is 96.3 Å². The van der Waals surface area contributed by atoms with Crippen molar-refractivity contribution >= 4 is 33.7 Å². The molecule has 0 amide bonds. The lowest BCUT2D eigenvalue weighted by molar-refractivity contribution is 1.00. The van der Waals surface area contributed by atoms with Crippen molar-refractivity contribution in [3.05, 3.63) is 22.1 Å². The van der Waals surface area contributed by atoms with Crippen molar-refractivity contribution in [3.63, 3.8) is 0 Å². The van der Waals surface area contributed by atoms with Gasteiger partial charge >= 0.3 is 0 Å². The van der Waals surface area contributed by atoms with Crippen LogP contribution in [0.2, 0.25) is 0 Å². The molecule has 0 radical (unpaired) electrons. The number of hydrogen-bond acceptors (Lipinski definition) is 6. The molecule has 0 bridgehead atoms. The Morgan fingerprint density at radius 3 is 3.00 bits per heavy atom. The van der Waals surface area contributed by atoms with Gasteiger partial charge in [-0.2, -0.15) is 4.37 Å². The largest absolute Gasteiger partial charge is 0.383 e. The lowest BCUT2D eigenvalue weighted by atomic mass is 10.3. The number of rotatable bonds is 4. The molecule has 2 heterocycles. The minimum Gasteiger partial charge on any atom is -0.383 e. The number of nitrogens with one attached hydrogen (secondary N) is 1. The van der Waals surface area contributed by atoms with Gasteiger partial charge in [0.25, 0.3) is 0 Å². The van der Waals surface area contributed by atoms with Crippen molar-refractivity contribution in [2.45, 2.75) is 13.3 Å². The first-order chi connectivity index (χ1) is 7.27. The van der Waals surface area contributed by atoms with E-state index in [9.17, 15) is 0 Å². The summed E-state index contributed by atoms with van der Waals surface area (Å²) in [4.78, 5) is 4.22. The summed E-state index contributed by atoms with van der Waals surface area (Å²) in [7, 11) is 0. The average Bonchev–Trinajstić information content (AvgIpc) is 2.83. The maximum absolute atomic E-state index is 5.66. The summed E-state index contributed by atoms with van der Waals surface area (Å²) in [5.41, 5.74) is 6.70. The van der Waals surface area contributed by atoms with E-state index in [0.717, 1.165) is 28.5 Å². The van der Waals surface area contributed by atoms with Crippen LogP contribution >= 0.6 is 22.9 Å². The van der Waals surface area contributed by atoms with Crippen LogP contribution in [0.25, 0.3) is 0 Å². The number of nitrogens with zero attached hydrogens (tertiary/aromatic N) is 2. The summed E-state index contributed by atoms with van der Waals surface area (Å²) in [5.74, 6) is 0.622. The van der Waals surface area contributed by atoms with Gasteiger partial charge in [-0.1, -0.05) is 0 Å². The van der Waals surface area contributed by atoms with Crippen LogP contribution in [0.15, 0.2) is 11.6 Å². The van der Waals surface area contributed by atoms with Crippen LogP contribution in [0.5, 0.6) is 0 Å². The summed E-state index contributed by atoms with van der Waals surface area (Å²) >= 11 is 3.09. The molecule has 3 N–H and O–H groups in total. The quantitative estimate of drug-likeness (QED) is 0.859. The second kappa shape index (κ2) is 4.59. The van der Waals surface area contributed by atoms with E-state index in [1.807, 2.05) is 18.5 Å². The predicted molar refractivity (Wildman–Crippen MR) is 65.6 cm³/mol. The molecule has 15 heavy (non-hydrogen) atoms. The Balaban J connectivity index is 1.86. The highest BCUT2D eigenvalue weighted by molar-refractivity contribution is 7.10. The molecule has 2 aromatic rings. The molecule has 2 rings (SSSR count). The third kappa shape index (κ3) is 2.45. The second-order valence-electron chi connectivity index (χ2n) is 3.12. The smallest absolute Gasteiger partial charge is 0.142 e. The molecular formula is C9H12N4S2. The van der Waals surface area contributed by atoms with Crippen LogP contribution in [0.3, 0.4) is 0 Å². The van der Waals surface area contributed by atoms with Crippen molar-refractivity contribution in [1.29, 1.82) is 0 Å². The molecule has 0 unspecified atom stereocenters. The highest BCUT2D eigenvalue weighted by atomic mass is 32.1. The standard InChI is InChI=1S/C9H12N4S2/c1-6-8(10)13-15-9(6)12-3-2-7-11-4-5-14-7/h4-5,12H,2-3H2,1H3,(H2,10,13). The van der Waals surface area contributed by atoms with E-state index in [4.69, 9.17) is 5.73 Å². The molecule has 0 saturated heterocycles. The molecule has 80 valence electrons. The minimum atomic E-state index is 0.622. The maximum atomic E-state index is 5.66. The zero-order chi connectivity index (χ0) is 10.7. The molecule has 0 fully saturated rings. The Hall–Kier alpha value is -1.14. The average molecular weight is 240 g/mol. The number of nitrogens with two attached hydrogens (primary N) is 1. The Morgan fingerprint density at radius 1 is 1.53 bits per heavy atom. The van der Waals surface area contributed by atoms with Gasteiger partial charge in [0.1, 0.15) is 10.8 Å². The molecule has 2 aromatic heterocycles. The lowest BCUT2D eigenvalue weighted by Crippen LogP contribution is -2.04. The van der Waals surface area contributed by atoms with Crippen LogP contribution in [-0.2, 0) is 6.42 Å². The number of aromatic nitrogens is 2. The summed E-state index contributed by atoms with van der Waals surface area (Å²) < 4.78 is 4.08. The fourth-order valence-electron chi connectivity index (χ4n) is 1.17. The van der Waals surface area contributed by atoms with Crippen molar-refractivity contribution < 1.29 is 0 Å². The Kier molecular flexibility index (Phi) is 3.17. The maximum Gasteiger partial charge on any atom is 0.142 e. The van der Waals surface area contributed by atoms with Crippen LogP contribution in [0, 0.1) is 6.92 Å². The van der Waals surface area contributed by atoms with Gasteiger partial charge in [-0.05, 0) is 18.5 Å².